The summed E-state index contributed by atoms with van der Waals surface area (Å²) in [5.41, 5.74) is 6.59. The Kier molecular flexibility index (Phi) is 2.54. The van der Waals surface area contributed by atoms with Crippen LogP contribution in [0.25, 0.3) is 0 Å². The van der Waals surface area contributed by atoms with Crippen LogP contribution in [-0.4, -0.2) is 28.4 Å². The third kappa shape index (κ3) is 1.96. The molecule has 4 N–H and O–H groups in total. The molecule has 0 bridgehead atoms. The summed E-state index contributed by atoms with van der Waals surface area (Å²) in [6, 6.07) is 1.35. The lowest BCUT2D eigenvalue weighted by molar-refractivity contribution is 0.596. The fourth-order valence-electron chi connectivity index (χ4n) is 1.37. The van der Waals surface area contributed by atoms with Gasteiger partial charge in [0.05, 0.1) is 17.6 Å². The lowest BCUT2D eigenvalue weighted by atomic mass is 10.4. The van der Waals surface area contributed by atoms with Gasteiger partial charge in [-0.3, -0.25) is 9.82 Å². The highest BCUT2D eigenvalue weighted by atomic mass is 32.2. The monoisotopic (exact) mass is 256 g/mol. The van der Waals surface area contributed by atoms with Gasteiger partial charge in [-0.2, -0.15) is 18.6 Å². The Bertz CT molecular complexity index is 627. The minimum Gasteiger partial charge on any atom is -0.394 e. The maximum Gasteiger partial charge on any atom is 0.280 e. The molecule has 0 radical (unpaired) electrons. The number of sulfonamides is 1. The van der Waals surface area contributed by atoms with Gasteiger partial charge in [-0.1, -0.05) is 0 Å². The summed E-state index contributed by atoms with van der Waals surface area (Å²) in [5.74, 6) is 0.233. The number of aromatic amines is 1. The number of rotatable bonds is 3. The first-order chi connectivity index (χ1) is 7.92. The number of aromatic nitrogens is 4. The second-order valence-corrected chi connectivity index (χ2v) is 5.15. The first-order valence-electron chi connectivity index (χ1n) is 4.73. The van der Waals surface area contributed by atoms with E-state index < -0.39 is 10.0 Å². The van der Waals surface area contributed by atoms with E-state index in [9.17, 15) is 8.42 Å². The topological polar surface area (TPSA) is 119 Å². The predicted octanol–water partition coefficient (Wildman–Crippen LogP) is -0.165. The van der Waals surface area contributed by atoms with Gasteiger partial charge in [0.25, 0.3) is 10.0 Å². The maximum atomic E-state index is 11.9. The summed E-state index contributed by atoms with van der Waals surface area (Å²) in [6.07, 6.45) is 1.35. The Labute approximate surface area is 97.9 Å². The lowest BCUT2D eigenvalue weighted by Gasteiger charge is -2.06. The van der Waals surface area contributed by atoms with Gasteiger partial charge in [0.2, 0.25) is 0 Å². The molecule has 9 heteroatoms. The molecule has 0 amide bonds. The van der Waals surface area contributed by atoms with Crippen molar-refractivity contribution in [3.05, 3.63) is 18.0 Å². The molecule has 0 unspecified atom stereocenters. The molecule has 92 valence electrons. The number of hydrogen-bond donors (Lipinski definition) is 3. The van der Waals surface area contributed by atoms with Gasteiger partial charge in [0, 0.05) is 7.05 Å². The van der Waals surface area contributed by atoms with E-state index in [2.05, 4.69) is 20.0 Å². The molecule has 0 aromatic carbocycles. The number of anilines is 2. The molecule has 0 aliphatic heterocycles. The molecular weight excluding hydrogens is 244 g/mol. The maximum absolute atomic E-state index is 11.9. The van der Waals surface area contributed by atoms with E-state index in [0.29, 0.717) is 11.4 Å². The highest BCUT2D eigenvalue weighted by Crippen LogP contribution is 2.23. The summed E-state index contributed by atoms with van der Waals surface area (Å²) < 4.78 is 27.5. The Morgan fingerprint density at radius 2 is 2.24 bits per heavy atom. The summed E-state index contributed by atoms with van der Waals surface area (Å²) in [6.45, 7) is 1.70. The van der Waals surface area contributed by atoms with Crippen LogP contribution in [0.3, 0.4) is 0 Å². The number of nitrogen functional groups attached to an aromatic ring is 1. The molecule has 0 spiro atoms. The van der Waals surface area contributed by atoms with Crippen LogP contribution in [-0.2, 0) is 17.1 Å². The molecule has 8 nitrogen and oxygen atoms in total. The zero-order valence-corrected chi connectivity index (χ0v) is 10.1. The van der Waals surface area contributed by atoms with Crippen LogP contribution in [0.1, 0.15) is 5.69 Å². The molecular formula is C8H12N6O2S. The van der Waals surface area contributed by atoms with Crippen LogP contribution < -0.4 is 10.5 Å². The van der Waals surface area contributed by atoms with Crippen molar-refractivity contribution in [1.82, 2.24) is 20.0 Å². The molecule has 0 atom stereocenters. The third-order valence-electron chi connectivity index (χ3n) is 2.26. The normalized spacial score (nSPS) is 11.6. The number of H-pyrrole nitrogens is 1. The van der Waals surface area contributed by atoms with E-state index in [4.69, 9.17) is 5.73 Å². The van der Waals surface area contributed by atoms with Gasteiger partial charge in [0.15, 0.2) is 10.8 Å². The van der Waals surface area contributed by atoms with Gasteiger partial charge in [0.1, 0.15) is 0 Å². The molecule has 17 heavy (non-hydrogen) atoms. The van der Waals surface area contributed by atoms with Crippen LogP contribution in [0.4, 0.5) is 11.5 Å². The molecule has 0 saturated heterocycles. The third-order valence-corrected chi connectivity index (χ3v) is 3.53. The minimum atomic E-state index is -3.71. The Morgan fingerprint density at radius 1 is 1.53 bits per heavy atom. The Morgan fingerprint density at radius 3 is 2.71 bits per heavy atom. The van der Waals surface area contributed by atoms with E-state index in [1.54, 1.807) is 14.0 Å². The number of nitrogens with two attached hydrogens (primary N) is 1. The van der Waals surface area contributed by atoms with Crippen molar-refractivity contribution >= 4 is 21.5 Å². The SMILES string of the molecule is Cc1nn(C)c(NS(=O)(=O)c2ccn[nH]2)c1N. The standard InChI is InChI=1S/C8H12N6O2S/c1-5-7(9)8(14(2)12-5)13-17(15,16)6-3-4-10-11-6/h3-4,13H,9H2,1-2H3,(H,10,11). The quantitative estimate of drug-likeness (QED) is 0.704. The van der Waals surface area contributed by atoms with Crippen molar-refractivity contribution < 1.29 is 8.42 Å². The zero-order chi connectivity index (χ0) is 12.6. The number of nitrogens with one attached hydrogen (secondary N) is 2. The number of nitrogens with zero attached hydrogens (tertiary/aromatic N) is 3. The van der Waals surface area contributed by atoms with Crippen molar-refractivity contribution in [1.29, 1.82) is 0 Å². The van der Waals surface area contributed by atoms with Gasteiger partial charge >= 0.3 is 0 Å². The average molecular weight is 256 g/mol. The van der Waals surface area contributed by atoms with Crippen LogP contribution in [0.5, 0.6) is 0 Å². The molecule has 0 saturated carbocycles. The molecule has 2 aromatic rings. The fraction of sp³-hybridized carbons (Fsp3) is 0.250. The van der Waals surface area contributed by atoms with E-state index in [0.717, 1.165) is 0 Å². The zero-order valence-electron chi connectivity index (χ0n) is 9.30. The van der Waals surface area contributed by atoms with Crippen molar-refractivity contribution in [3.8, 4) is 0 Å². The van der Waals surface area contributed by atoms with E-state index in [1.807, 2.05) is 0 Å². The average Bonchev–Trinajstić information content (AvgIpc) is 2.84. The summed E-state index contributed by atoms with van der Waals surface area (Å²) >= 11 is 0. The van der Waals surface area contributed by atoms with Crippen molar-refractivity contribution in [2.75, 3.05) is 10.5 Å². The first kappa shape index (κ1) is 11.5. The van der Waals surface area contributed by atoms with Gasteiger partial charge in [-0.25, -0.2) is 4.68 Å². The molecule has 0 fully saturated rings. The van der Waals surface area contributed by atoms with Gasteiger partial charge in [-0.15, -0.1) is 0 Å². The van der Waals surface area contributed by atoms with Gasteiger partial charge < -0.3 is 5.73 Å². The molecule has 2 rings (SSSR count). The van der Waals surface area contributed by atoms with Crippen LogP contribution in [0, 0.1) is 6.92 Å². The van der Waals surface area contributed by atoms with Crippen molar-refractivity contribution in [2.45, 2.75) is 11.9 Å². The lowest BCUT2D eigenvalue weighted by Crippen LogP contribution is -2.16. The van der Waals surface area contributed by atoms with Gasteiger partial charge in [-0.05, 0) is 13.0 Å². The Hall–Kier alpha value is -2.03. The summed E-state index contributed by atoms with van der Waals surface area (Å²) in [4.78, 5) is 0. The Balaban J connectivity index is 2.40. The first-order valence-corrected chi connectivity index (χ1v) is 6.21. The smallest absolute Gasteiger partial charge is 0.280 e. The highest BCUT2D eigenvalue weighted by molar-refractivity contribution is 7.92. The predicted molar refractivity (Wildman–Crippen MR) is 61.8 cm³/mol. The van der Waals surface area contributed by atoms with Crippen molar-refractivity contribution in [2.24, 2.45) is 7.05 Å². The van der Waals surface area contributed by atoms with E-state index in [-0.39, 0.29) is 10.8 Å². The van der Waals surface area contributed by atoms with Crippen LogP contribution in [0.2, 0.25) is 0 Å². The van der Waals surface area contributed by atoms with E-state index >= 15 is 0 Å². The second-order valence-electron chi connectivity index (χ2n) is 3.50. The fourth-order valence-corrected chi connectivity index (χ4v) is 2.39. The number of hydrogen-bond acceptors (Lipinski definition) is 5. The molecule has 0 aliphatic carbocycles. The van der Waals surface area contributed by atoms with E-state index in [1.165, 1.54) is 16.9 Å². The minimum absolute atomic E-state index is 0.0317. The highest BCUT2D eigenvalue weighted by Gasteiger charge is 2.20. The number of aryl methyl sites for hydroxylation is 2. The summed E-state index contributed by atoms with van der Waals surface area (Å²) in [7, 11) is -2.11. The molecule has 2 aromatic heterocycles. The van der Waals surface area contributed by atoms with Crippen LogP contribution >= 0.6 is 0 Å². The summed E-state index contributed by atoms with van der Waals surface area (Å²) in [5, 5.41) is 9.94. The largest absolute Gasteiger partial charge is 0.394 e. The van der Waals surface area contributed by atoms with Crippen LogP contribution in [0.15, 0.2) is 17.3 Å². The molecule has 2 heterocycles. The second kappa shape index (κ2) is 3.77. The molecule has 0 aliphatic rings. The van der Waals surface area contributed by atoms with Crippen molar-refractivity contribution in [3.63, 3.8) is 0 Å².